The maximum atomic E-state index is 5.37. The lowest BCUT2D eigenvalue weighted by atomic mass is 10.0. The van der Waals surface area contributed by atoms with Crippen molar-refractivity contribution in [3.05, 3.63) is 39.3 Å². The third kappa shape index (κ3) is 7.01. The predicted molar refractivity (Wildman–Crippen MR) is 135 cm³/mol. The van der Waals surface area contributed by atoms with Crippen molar-refractivity contribution in [2.75, 3.05) is 27.3 Å². The van der Waals surface area contributed by atoms with Gasteiger partial charge in [-0.2, -0.15) is 0 Å². The zero-order valence-corrected chi connectivity index (χ0v) is 21.3. The molecule has 1 heterocycles. The molecule has 0 fully saturated rings. The normalized spacial score (nSPS) is 13.2. The minimum absolute atomic E-state index is 0. The molecule has 6 nitrogen and oxygen atoms in total. The van der Waals surface area contributed by atoms with Crippen LogP contribution in [-0.4, -0.2) is 38.3 Å². The quantitative estimate of drug-likeness (QED) is 0.213. The molecule has 0 bridgehead atoms. The van der Waals surface area contributed by atoms with E-state index in [1.807, 2.05) is 29.5 Å². The van der Waals surface area contributed by atoms with Crippen LogP contribution in [-0.2, 0) is 25.8 Å². The monoisotopic (exact) mass is 544 g/mol. The average Bonchev–Trinajstić information content (AvgIpc) is 3.17. The highest BCUT2D eigenvalue weighted by molar-refractivity contribution is 14.0. The van der Waals surface area contributed by atoms with Gasteiger partial charge >= 0.3 is 0 Å². The molecule has 166 valence electrons. The van der Waals surface area contributed by atoms with Gasteiger partial charge in [-0.25, -0.2) is 9.98 Å². The molecule has 2 N–H and O–H groups in total. The maximum absolute atomic E-state index is 5.37. The number of methoxy groups -OCH3 is 2. The molecule has 0 aliphatic heterocycles. The largest absolute Gasteiger partial charge is 0.493 e. The van der Waals surface area contributed by atoms with Gasteiger partial charge in [-0.3, -0.25) is 0 Å². The first-order valence-electron chi connectivity index (χ1n) is 10.4. The molecule has 1 aliphatic rings. The number of hydrogen-bond donors (Lipinski definition) is 2. The third-order valence-electron chi connectivity index (χ3n) is 4.96. The van der Waals surface area contributed by atoms with E-state index in [0.29, 0.717) is 6.54 Å². The number of guanidine groups is 1. The number of aryl methyl sites for hydroxylation is 3. The Balaban J connectivity index is 0.00000320. The third-order valence-corrected chi connectivity index (χ3v) is 6.18. The van der Waals surface area contributed by atoms with Crippen molar-refractivity contribution in [1.29, 1.82) is 0 Å². The number of aliphatic imine (C=N–C) groups is 1. The van der Waals surface area contributed by atoms with E-state index in [2.05, 4.69) is 17.6 Å². The Morgan fingerprint density at radius 3 is 2.67 bits per heavy atom. The molecule has 30 heavy (non-hydrogen) atoms. The summed E-state index contributed by atoms with van der Waals surface area (Å²) < 4.78 is 10.7. The van der Waals surface area contributed by atoms with Crippen molar-refractivity contribution in [2.45, 2.75) is 52.0 Å². The van der Waals surface area contributed by atoms with E-state index >= 15 is 0 Å². The van der Waals surface area contributed by atoms with Crippen molar-refractivity contribution in [1.82, 2.24) is 15.6 Å². The van der Waals surface area contributed by atoms with Crippen molar-refractivity contribution in [3.63, 3.8) is 0 Å². The number of benzene rings is 1. The number of nitrogens with zero attached hydrogens (tertiary/aromatic N) is 2. The fourth-order valence-corrected chi connectivity index (χ4v) is 4.65. The minimum atomic E-state index is 0. The minimum Gasteiger partial charge on any atom is -0.493 e. The molecule has 0 atom stereocenters. The van der Waals surface area contributed by atoms with Gasteiger partial charge in [0.25, 0.3) is 0 Å². The van der Waals surface area contributed by atoms with Gasteiger partial charge in [0.15, 0.2) is 17.5 Å². The van der Waals surface area contributed by atoms with Gasteiger partial charge < -0.3 is 20.1 Å². The second kappa shape index (κ2) is 13.0. The first kappa shape index (κ1) is 24.7. The molecule has 0 spiro atoms. The fourth-order valence-electron chi connectivity index (χ4n) is 3.45. The maximum Gasteiger partial charge on any atom is 0.191 e. The highest BCUT2D eigenvalue weighted by atomic mass is 127. The number of rotatable bonds is 9. The summed E-state index contributed by atoms with van der Waals surface area (Å²) in [7, 11) is 3.29. The highest BCUT2D eigenvalue weighted by Gasteiger charge is 2.14. The number of halogens is 1. The summed E-state index contributed by atoms with van der Waals surface area (Å²) in [5.74, 6) is 2.29. The zero-order chi connectivity index (χ0) is 20.5. The van der Waals surface area contributed by atoms with E-state index in [9.17, 15) is 0 Å². The molecule has 1 aromatic carbocycles. The van der Waals surface area contributed by atoms with Crippen LogP contribution < -0.4 is 20.1 Å². The van der Waals surface area contributed by atoms with Crippen molar-refractivity contribution in [3.8, 4) is 11.5 Å². The second-order valence-corrected chi connectivity index (χ2v) is 8.27. The van der Waals surface area contributed by atoms with Crippen LogP contribution in [0.15, 0.2) is 23.2 Å². The van der Waals surface area contributed by atoms with Crippen LogP contribution in [0, 0.1) is 0 Å². The molecule has 1 aromatic heterocycles. The summed E-state index contributed by atoms with van der Waals surface area (Å²) in [5, 5.41) is 8.03. The molecule has 3 rings (SSSR count). The van der Waals surface area contributed by atoms with Gasteiger partial charge in [-0.1, -0.05) is 6.07 Å². The van der Waals surface area contributed by atoms with Crippen molar-refractivity contribution in [2.24, 2.45) is 4.99 Å². The molecule has 1 aliphatic carbocycles. The van der Waals surface area contributed by atoms with E-state index in [1.165, 1.54) is 34.8 Å². The molecule has 0 saturated carbocycles. The highest BCUT2D eigenvalue weighted by Crippen LogP contribution is 2.28. The average molecular weight is 545 g/mol. The lowest BCUT2D eigenvalue weighted by Crippen LogP contribution is -2.37. The lowest BCUT2D eigenvalue weighted by Gasteiger charge is -2.12. The molecule has 0 unspecified atom stereocenters. The number of thiazole rings is 1. The number of hydrogen-bond acceptors (Lipinski definition) is 5. The molecular weight excluding hydrogens is 511 g/mol. The molecule has 0 radical (unpaired) electrons. The standard InChI is InChI=1S/C22H32N4O2S.HI/c1-4-23-22(25-15-16-11-12-18(27-2)19(14-16)28-3)24-13-7-10-21-26-17-8-5-6-9-20(17)29-21;/h11-12,14H,4-10,13,15H2,1-3H3,(H2,23,24,25);1H. The van der Waals surface area contributed by atoms with Crippen LogP contribution in [0.4, 0.5) is 0 Å². The summed E-state index contributed by atoms with van der Waals surface area (Å²) in [5.41, 5.74) is 2.43. The van der Waals surface area contributed by atoms with Gasteiger partial charge in [0, 0.05) is 24.4 Å². The summed E-state index contributed by atoms with van der Waals surface area (Å²) >= 11 is 1.91. The van der Waals surface area contributed by atoms with Crippen LogP contribution in [0.2, 0.25) is 0 Å². The Labute approximate surface area is 200 Å². The lowest BCUT2D eigenvalue weighted by molar-refractivity contribution is 0.354. The van der Waals surface area contributed by atoms with E-state index in [1.54, 1.807) is 14.2 Å². The Kier molecular flexibility index (Phi) is 10.7. The van der Waals surface area contributed by atoms with E-state index in [0.717, 1.165) is 55.4 Å². The molecular formula is C22H33IN4O2S. The van der Waals surface area contributed by atoms with Crippen LogP contribution in [0.3, 0.4) is 0 Å². The van der Waals surface area contributed by atoms with Gasteiger partial charge in [0.05, 0.1) is 31.5 Å². The van der Waals surface area contributed by atoms with Crippen LogP contribution in [0.5, 0.6) is 11.5 Å². The topological polar surface area (TPSA) is 67.8 Å². The number of aromatic nitrogens is 1. The van der Waals surface area contributed by atoms with Crippen LogP contribution >= 0.6 is 35.3 Å². The smallest absolute Gasteiger partial charge is 0.191 e. The SMILES string of the molecule is CCNC(=NCc1ccc(OC)c(OC)c1)NCCCc1nc2c(s1)CCCC2.I. The van der Waals surface area contributed by atoms with E-state index in [4.69, 9.17) is 19.5 Å². The van der Waals surface area contributed by atoms with Crippen LogP contribution in [0.25, 0.3) is 0 Å². The first-order valence-corrected chi connectivity index (χ1v) is 11.3. The van der Waals surface area contributed by atoms with Gasteiger partial charge in [-0.15, -0.1) is 35.3 Å². The Bertz CT molecular complexity index is 802. The summed E-state index contributed by atoms with van der Waals surface area (Å²) in [6, 6.07) is 5.90. The van der Waals surface area contributed by atoms with E-state index < -0.39 is 0 Å². The summed E-state index contributed by atoms with van der Waals surface area (Å²) in [6.45, 7) is 4.36. The van der Waals surface area contributed by atoms with E-state index in [-0.39, 0.29) is 24.0 Å². The van der Waals surface area contributed by atoms with Gasteiger partial charge in [0.2, 0.25) is 0 Å². The molecule has 0 amide bonds. The number of ether oxygens (including phenoxy) is 2. The van der Waals surface area contributed by atoms with Crippen molar-refractivity contribution >= 4 is 41.3 Å². The van der Waals surface area contributed by atoms with Crippen molar-refractivity contribution < 1.29 is 9.47 Å². The molecule has 0 saturated heterocycles. The van der Waals surface area contributed by atoms with Gasteiger partial charge in [-0.05, 0) is 56.7 Å². The van der Waals surface area contributed by atoms with Gasteiger partial charge in [0.1, 0.15) is 0 Å². The summed E-state index contributed by atoms with van der Waals surface area (Å²) in [6.07, 6.45) is 7.07. The second-order valence-electron chi connectivity index (χ2n) is 7.10. The Hall–Kier alpha value is -1.55. The van der Waals surface area contributed by atoms with Crippen LogP contribution in [0.1, 0.15) is 47.3 Å². The first-order chi connectivity index (χ1) is 14.2. The summed E-state index contributed by atoms with van der Waals surface area (Å²) in [4.78, 5) is 11.0. The molecule has 8 heteroatoms. The molecule has 2 aromatic rings. The number of nitrogens with one attached hydrogen (secondary N) is 2. The Morgan fingerprint density at radius 2 is 1.93 bits per heavy atom. The Morgan fingerprint density at radius 1 is 1.13 bits per heavy atom. The zero-order valence-electron chi connectivity index (χ0n) is 18.1. The predicted octanol–water partition coefficient (Wildman–Crippen LogP) is 4.35. The number of fused-ring (bicyclic) bond motifs is 1. The fraction of sp³-hybridized carbons (Fsp3) is 0.545.